The number of aromatic nitrogens is 3. The largest absolute Gasteiger partial charge is 0.368 e. The van der Waals surface area contributed by atoms with E-state index < -0.39 is 0 Å². The number of hydrogen-bond donors (Lipinski definition) is 3. The fraction of sp³-hybridized carbons (Fsp3) is 0.355. The van der Waals surface area contributed by atoms with Crippen LogP contribution in [0.5, 0.6) is 0 Å². The number of anilines is 1. The average Bonchev–Trinajstić information content (AvgIpc) is 3.33. The lowest BCUT2D eigenvalue weighted by Crippen LogP contribution is -2.42. The number of nitrogens with one attached hydrogen (secondary N) is 1. The van der Waals surface area contributed by atoms with Crippen molar-refractivity contribution < 1.29 is 9.59 Å². The third kappa shape index (κ3) is 6.86. The summed E-state index contributed by atoms with van der Waals surface area (Å²) in [6.07, 6.45) is 6.20. The van der Waals surface area contributed by atoms with Crippen LogP contribution >= 0.6 is 11.6 Å². The highest BCUT2D eigenvalue weighted by molar-refractivity contribution is 6.35. The molecule has 2 aromatic heterocycles. The quantitative estimate of drug-likeness (QED) is 0.276. The van der Waals surface area contributed by atoms with Crippen LogP contribution in [0.15, 0.2) is 60.9 Å². The van der Waals surface area contributed by atoms with Crippen LogP contribution in [0.1, 0.15) is 43.4 Å². The molecule has 5 N–H and O–H groups in total. The number of hydrogen-bond acceptors (Lipinski definition) is 6. The molecule has 1 aliphatic heterocycles. The first-order chi connectivity index (χ1) is 19.8. The number of carbonyl (C=O) groups is 2. The first kappa shape index (κ1) is 28.6. The molecule has 1 saturated heterocycles. The smallest absolute Gasteiger partial charge is 0.224 e. The van der Waals surface area contributed by atoms with Gasteiger partial charge in [-0.25, -0.2) is 9.97 Å². The van der Waals surface area contributed by atoms with Crippen LogP contribution < -0.4 is 16.8 Å². The van der Waals surface area contributed by atoms with Gasteiger partial charge in [0.2, 0.25) is 17.8 Å². The standard InChI is InChI=1S/C31H36ClN7O2/c1-20(40)35-11-13-39-28-6-2-5-27(32)26(28)16-29(39)23-4-3-12-38(19-23)30(41)15-25(33)14-21-7-9-22(10-8-21)24-17-36-31(34)37-18-24/h2,5-10,16-18,23,25H,3-4,11-15,19,33H2,1H3,(H,35,40)(H2,34,36,37)/t23?,25-/m1/s1. The van der Waals surface area contributed by atoms with E-state index in [0.717, 1.165) is 52.7 Å². The summed E-state index contributed by atoms with van der Waals surface area (Å²) >= 11 is 6.54. The van der Waals surface area contributed by atoms with E-state index in [0.29, 0.717) is 31.1 Å². The van der Waals surface area contributed by atoms with Crippen molar-refractivity contribution in [1.29, 1.82) is 0 Å². The Bertz CT molecular complexity index is 1520. The molecule has 2 amide bonds. The Morgan fingerprint density at radius 3 is 2.61 bits per heavy atom. The van der Waals surface area contributed by atoms with Crippen molar-refractivity contribution in [3.05, 3.63) is 77.2 Å². The Balaban J connectivity index is 1.23. The lowest BCUT2D eigenvalue weighted by atomic mass is 9.93. The van der Waals surface area contributed by atoms with Gasteiger partial charge in [-0.2, -0.15) is 0 Å². The van der Waals surface area contributed by atoms with E-state index in [4.69, 9.17) is 23.1 Å². The minimum absolute atomic E-state index is 0.0563. The maximum atomic E-state index is 13.3. The number of piperidine rings is 1. The van der Waals surface area contributed by atoms with Gasteiger partial charge in [-0.15, -0.1) is 0 Å². The maximum absolute atomic E-state index is 13.3. The minimum atomic E-state index is -0.281. The molecule has 1 aliphatic rings. The Hall–Kier alpha value is -3.95. The summed E-state index contributed by atoms with van der Waals surface area (Å²) in [5.74, 6) is 0.445. The van der Waals surface area contributed by atoms with Crippen LogP contribution in [-0.2, 0) is 22.6 Å². The van der Waals surface area contributed by atoms with Crippen molar-refractivity contribution in [2.45, 2.75) is 51.1 Å². The summed E-state index contributed by atoms with van der Waals surface area (Å²) in [5, 5.41) is 4.59. The van der Waals surface area contributed by atoms with Crippen LogP contribution in [0.2, 0.25) is 5.02 Å². The van der Waals surface area contributed by atoms with E-state index >= 15 is 0 Å². The molecule has 0 spiro atoms. The van der Waals surface area contributed by atoms with Crippen molar-refractivity contribution >= 4 is 40.3 Å². The first-order valence-corrected chi connectivity index (χ1v) is 14.4. The van der Waals surface area contributed by atoms with Gasteiger partial charge in [-0.3, -0.25) is 9.59 Å². The predicted octanol–water partition coefficient (Wildman–Crippen LogP) is 4.14. The third-order valence-corrected chi connectivity index (χ3v) is 8.05. The number of nitrogens with two attached hydrogens (primary N) is 2. The topological polar surface area (TPSA) is 132 Å². The average molecular weight is 574 g/mol. The maximum Gasteiger partial charge on any atom is 0.224 e. The number of halogens is 1. The zero-order valence-corrected chi connectivity index (χ0v) is 24.0. The van der Waals surface area contributed by atoms with Crippen molar-refractivity contribution in [3.63, 3.8) is 0 Å². The van der Waals surface area contributed by atoms with E-state index in [1.54, 1.807) is 12.4 Å². The van der Waals surface area contributed by atoms with Crippen molar-refractivity contribution in [3.8, 4) is 11.1 Å². The fourth-order valence-corrected chi connectivity index (χ4v) is 5.92. The van der Waals surface area contributed by atoms with E-state index in [-0.39, 0.29) is 36.1 Å². The molecule has 4 aromatic rings. The number of fused-ring (bicyclic) bond motifs is 1. The molecule has 3 heterocycles. The number of benzene rings is 2. The number of nitrogens with zero attached hydrogens (tertiary/aromatic N) is 4. The molecule has 1 unspecified atom stereocenters. The highest BCUT2D eigenvalue weighted by Gasteiger charge is 2.28. The predicted molar refractivity (Wildman–Crippen MR) is 162 cm³/mol. The summed E-state index contributed by atoms with van der Waals surface area (Å²) in [6, 6.07) is 15.8. The van der Waals surface area contributed by atoms with E-state index in [1.807, 2.05) is 41.3 Å². The molecule has 41 heavy (non-hydrogen) atoms. The molecule has 2 atom stereocenters. The Kier molecular flexibility index (Phi) is 8.85. The first-order valence-electron chi connectivity index (χ1n) is 14.0. The lowest BCUT2D eigenvalue weighted by molar-refractivity contribution is -0.132. The summed E-state index contributed by atoms with van der Waals surface area (Å²) in [4.78, 5) is 34.9. The summed E-state index contributed by atoms with van der Waals surface area (Å²) < 4.78 is 2.24. The number of nitrogen functional groups attached to an aromatic ring is 1. The zero-order valence-electron chi connectivity index (χ0n) is 23.2. The summed E-state index contributed by atoms with van der Waals surface area (Å²) in [5.41, 5.74) is 17.2. The third-order valence-electron chi connectivity index (χ3n) is 7.72. The molecular formula is C31H36ClN7O2. The highest BCUT2D eigenvalue weighted by Crippen LogP contribution is 2.34. The molecule has 0 bridgehead atoms. The Morgan fingerprint density at radius 2 is 1.88 bits per heavy atom. The SMILES string of the molecule is CC(=O)NCCn1c(C2CCCN(C(=O)C[C@H](N)Cc3ccc(-c4cnc(N)nc4)cc3)C2)cc2c(Cl)cccc21. The van der Waals surface area contributed by atoms with Gasteiger partial charge in [0.25, 0.3) is 0 Å². The second-order valence-corrected chi connectivity index (χ2v) is 11.2. The van der Waals surface area contributed by atoms with Gasteiger partial charge < -0.3 is 26.3 Å². The van der Waals surface area contributed by atoms with Crippen LogP contribution in [-0.4, -0.2) is 56.9 Å². The van der Waals surface area contributed by atoms with Crippen molar-refractivity contribution in [2.75, 3.05) is 25.4 Å². The van der Waals surface area contributed by atoms with Crippen LogP contribution in [0, 0.1) is 0 Å². The van der Waals surface area contributed by atoms with Crippen LogP contribution in [0.25, 0.3) is 22.0 Å². The lowest BCUT2D eigenvalue weighted by Gasteiger charge is -2.34. The fourth-order valence-electron chi connectivity index (χ4n) is 5.69. The van der Waals surface area contributed by atoms with E-state index in [9.17, 15) is 9.59 Å². The molecular weight excluding hydrogens is 538 g/mol. The Labute approximate surface area is 244 Å². The van der Waals surface area contributed by atoms with E-state index in [1.165, 1.54) is 6.92 Å². The minimum Gasteiger partial charge on any atom is -0.368 e. The number of rotatable bonds is 9. The van der Waals surface area contributed by atoms with Gasteiger partial charge in [-0.05, 0) is 48.6 Å². The van der Waals surface area contributed by atoms with Crippen molar-refractivity contribution in [2.24, 2.45) is 5.73 Å². The second kappa shape index (κ2) is 12.7. The molecule has 1 fully saturated rings. The van der Waals surface area contributed by atoms with Gasteiger partial charge in [-0.1, -0.05) is 41.9 Å². The Morgan fingerprint density at radius 1 is 1.12 bits per heavy atom. The van der Waals surface area contributed by atoms with E-state index in [2.05, 4.69) is 32.0 Å². The second-order valence-electron chi connectivity index (χ2n) is 10.8. The molecule has 0 aliphatic carbocycles. The molecule has 0 radical (unpaired) electrons. The van der Waals surface area contributed by atoms with Gasteiger partial charge in [0.1, 0.15) is 0 Å². The monoisotopic (exact) mass is 573 g/mol. The van der Waals surface area contributed by atoms with Gasteiger partial charge in [0, 0.05) is 91.1 Å². The zero-order chi connectivity index (χ0) is 28.9. The molecule has 5 rings (SSSR count). The highest BCUT2D eigenvalue weighted by atomic mass is 35.5. The molecule has 10 heteroatoms. The van der Waals surface area contributed by atoms with Gasteiger partial charge in [0.15, 0.2) is 0 Å². The van der Waals surface area contributed by atoms with Crippen molar-refractivity contribution in [1.82, 2.24) is 24.8 Å². The van der Waals surface area contributed by atoms with Crippen LogP contribution in [0.4, 0.5) is 5.95 Å². The number of amides is 2. The normalized spacial score (nSPS) is 16.1. The molecule has 0 saturated carbocycles. The number of likely N-dealkylation sites (tertiary alicyclic amines) is 1. The molecule has 9 nitrogen and oxygen atoms in total. The van der Waals surface area contributed by atoms with Gasteiger partial charge >= 0.3 is 0 Å². The number of carbonyl (C=O) groups excluding carboxylic acids is 2. The summed E-state index contributed by atoms with van der Waals surface area (Å²) in [6.45, 7) is 4.05. The molecule has 2 aromatic carbocycles. The van der Waals surface area contributed by atoms with Crippen LogP contribution in [0.3, 0.4) is 0 Å². The summed E-state index contributed by atoms with van der Waals surface area (Å²) in [7, 11) is 0. The van der Waals surface area contributed by atoms with Gasteiger partial charge in [0.05, 0.1) is 0 Å². The molecule has 214 valence electrons.